The molecular formula is C28H32N2O2. The number of anilines is 1. The summed E-state index contributed by atoms with van der Waals surface area (Å²) in [5.41, 5.74) is 6.14. The van der Waals surface area contributed by atoms with Crippen LogP contribution in [0.1, 0.15) is 41.3 Å². The first-order chi connectivity index (χ1) is 15.5. The molecule has 4 heteroatoms. The number of ether oxygens (including phenoxy) is 1. The highest BCUT2D eigenvalue weighted by Crippen LogP contribution is 2.26. The van der Waals surface area contributed by atoms with Crippen LogP contribution in [0.2, 0.25) is 0 Å². The third-order valence-electron chi connectivity index (χ3n) is 6.29. The minimum atomic E-state index is -0.0807. The van der Waals surface area contributed by atoms with E-state index in [0.717, 1.165) is 54.9 Å². The zero-order valence-corrected chi connectivity index (χ0v) is 19.2. The largest absolute Gasteiger partial charge is 0.490 e. The monoisotopic (exact) mass is 428 g/mol. The van der Waals surface area contributed by atoms with Gasteiger partial charge in [0.1, 0.15) is 11.9 Å². The van der Waals surface area contributed by atoms with Gasteiger partial charge in [0.25, 0.3) is 5.91 Å². The number of likely N-dealkylation sites (tertiary alicyclic amines) is 1. The van der Waals surface area contributed by atoms with Crippen molar-refractivity contribution in [3.8, 4) is 16.9 Å². The van der Waals surface area contributed by atoms with Crippen LogP contribution in [0, 0.1) is 6.92 Å². The molecule has 4 nitrogen and oxygen atoms in total. The molecule has 32 heavy (non-hydrogen) atoms. The standard InChI is InChI=1S/C28H32N2O2/c1-4-21-19-24(6-5-20(21)2)28(31)29-25-11-7-22(8-12-25)23-9-13-26(14-10-23)32-27-15-17-30(3)18-16-27/h5-14,19,27H,4,15-18H2,1-3H3,(H,29,31). The van der Waals surface area contributed by atoms with E-state index in [1.165, 1.54) is 11.1 Å². The van der Waals surface area contributed by atoms with Gasteiger partial charge in [0.05, 0.1) is 0 Å². The molecular weight excluding hydrogens is 396 g/mol. The molecule has 166 valence electrons. The van der Waals surface area contributed by atoms with Crippen LogP contribution in [0.3, 0.4) is 0 Å². The number of nitrogens with zero attached hydrogens (tertiary/aromatic N) is 1. The third-order valence-corrected chi connectivity index (χ3v) is 6.29. The van der Waals surface area contributed by atoms with Crippen molar-refractivity contribution in [1.29, 1.82) is 0 Å². The molecule has 0 aromatic heterocycles. The van der Waals surface area contributed by atoms with Gasteiger partial charge in [0, 0.05) is 24.3 Å². The van der Waals surface area contributed by atoms with Crippen LogP contribution < -0.4 is 10.1 Å². The molecule has 0 bridgehead atoms. The van der Waals surface area contributed by atoms with Gasteiger partial charge < -0.3 is 15.0 Å². The Morgan fingerprint density at radius 3 is 2.22 bits per heavy atom. The average molecular weight is 429 g/mol. The van der Waals surface area contributed by atoms with Crippen molar-refractivity contribution in [2.45, 2.75) is 39.2 Å². The first-order valence-electron chi connectivity index (χ1n) is 11.5. The molecule has 1 aliphatic heterocycles. The zero-order valence-electron chi connectivity index (χ0n) is 19.2. The summed E-state index contributed by atoms with van der Waals surface area (Å²) < 4.78 is 6.15. The number of amides is 1. The Kier molecular flexibility index (Phi) is 6.91. The maximum atomic E-state index is 12.6. The molecule has 4 rings (SSSR count). The number of carbonyl (C=O) groups excluding carboxylic acids is 1. The lowest BCUT2D eigenvalue weighted by Gasteiger charge is -2.29. The summed E-state index contributed by atoms with van der Waals surface area (Å²) in [6, 6.07) is 22.1. The van der Waals surface area contributed by atoms with Crippen LogP contribution in [0.5, 0.6) is 5.75 Å². The SMILES string of the molecule is CCc1cc(C(=O)Nc2ccc(-c3ccc(OC4CCN(C)CC4)cc3)cc2)ccc1C. The average Bonchev–Trinajstić information content (AvgIpc) is 2.82. The second-order valence-corrected chi connectivity index (χ2v) is 8.67. The van der Waals surface area contributed by atoms with E-state index in [2.05, 4.69) is 43.2 Å². The minimum absolute atomic E-state index is 0.0807. The third kappa shape index (κ3) is 5.38. The van der Waals surface area contributed by atoms with Gasteiger partial charge in [-0.05, 0) is 91.9 Å². The van der Waals surface area contributed by atoms with Crippen molar-refractivity contribution < 1.29 is 9.53 Å². The number of hydrogen-bond donors (Lipinski definition) is 1. The van der Waals surface area contributed by atoms with Crippen LogP contribution in [0.4, 0.5) is 5.69 Å². The maximum absolute atomic E-state index is 12.6. The highest BCUT2D eigenvalue weighted by Gasteiger charge is 2.18. The predicted molar refractivity (Wildman–Crippen MR) is 132 cm³/mol. The summed E-state index contributed by atoms with van der Waals surface area (Å²) in [5, 5.41) is 3.00. The van der Waals surface area contributed by atoms with Crippen molar-refractivity contribution in [2.75, 3.05) is 25.5 Å². The van der Waals surface area contributed by atoms with Crippen molar-refractivity contribution in [3.05, 3.63) is 83.4 Å². The van der Waals surface area contributed by atoms with Gasteiger partial charge in [-0.3, -0.25) is 4.79 Å². The summed E-state index contributed by atoms with van der Waals surface area (Å²) in [5.74, 6) is 0.847. The Hall–Kier alpha value is -3.11. The number of aryl methyl sites for hydroxylation is 2. The first kappa shape index (κ1) is 22.1. The van der Waals surface area contributed by atoms with Crippen LogP contribution in [-0.2, 0) is 6.42 Å². The lowest BCUT2D eigenvalue weighted by molar-refractivity contribution is 0.102. The molecule has 1 fully saturated rings. The van der Waals surface area contributed by atoms with Crippen LogP contribution in [0.15, 0.2) is 66.7 Å². The molecule has 0 spiro atoms. The van der Waals surface area contributed by atoms with Crippen molar-refractivity contribution in [1.82, 2.24) is 4.90 Å². The molecule has 0 atom stereocenters. The Morgan fingerprint density at radius 1 is 0.969 bits per heavy atom. The summed E-state index contributed by atoms with van der Waals surface area (Å²) in [6.07, 6.45) is 3.38. The lowest BCUT2D eigenvalue weighted by Crippen LogP contribution is -2.35. The fourth-order valence-corrected chi connectivity index (χ4v) is 4.16. The van der Waals surface area contributed by atoms with Crippen molar-refractivity contribution in [2.24, 2.45) is 0 Å². The highest BCUT2D eigenvalue weighted by atomic mass is 16.5. The van der Waals surface area contributed by atoms with E-state index in [9.17, 15) is 4.79 Å². The molecule has 3 aromatic rings. The highest BCUT2D eigenvalue weighted by molar-refractivity contribution is 6.04. The number of nitrogens with one attached hydrogen (secondary N) is 1. The zero-order chi connectivity index (χ0) is 22.5. The maximum Gasteiger partial charge on any atom is 0.255 e. The fourth-order valence-electron chi connectivity index (χ4n) is 4.16. The van der Waals surface area contributed by atoms with Crippen molar-refractivity contribution in [3.63, 3.8) is 0 Å². The lowest BCUT2D eigenvalue weighted by atomic mass is 10.0. The molecule has 0 aliphatic carbocycles. The molecule has 0 unspecified atom stereocenters. The topological polar surface area (TPSA) is 41.6 Å². The molecule has 1 N–H and O–H groups in total. The normalized spacial score (nSPS) is 14.8. The predicted octanol–water partition coefficient (Wildman–Crippen LogP) is 5.95. The van der Waals surface area contributed by atoms with Gasteiger partial charge >= 0.3 is 0 Å². The quantitative estimate of drug-likeness (QED) is 0.527. The van der Waals surface area contributed by atoms with E-state index in [1.54, 1.807) is 0 Å². The number of carbonyl (C=O) groups is 1. The minimum Gasteiger partial charge on any atom is -0.490 e. The number of rotatable bonds is 6. The summed E-state index contributed by atoms with van der Waals surface area (Å²) in [7, 11) is 2.16. The number of hydrogen-bond acceptors (Lipinski definition) is 3. The van der Waals surface area contributed by atoms with Crippen molar-refractivity contribution >= 4 is 11.6 Å². The fraction of sp³-hybridized carbons (Fsp3) is 0.321. The molecule has 1 amide bonds. The van der Waals surface area contributed by atoms with Gasteiger partial charge in [0.15, 0.2) is 0 Å². The second-order valence-electron chi connectivity index (χ2n) is 8.67. The second kappa shape index (κ2) is 10.0. The van der Waals surface area contributed by atoms with E-state index in [1.807, 2.05) is 54.6 Å². The van der Waals surface area contributed by atoms with Gasteiger partial charge in [-0.2, -0.15) is 0 Å². The van der Waals surface area contributed by atoms with Gasteiger partial charge in [-0.15, -0.1) is 0 Å². The number of piperidine rings is 1. The molecule has 3 aromatic carbocycles. The Labute approximate surface area is 191 Å². The van der Waals surface area contributed by atoms with Crippen LogP contribution in [0.25, 0.3) is 11.1 Å². The van der Waals surface area contributed by atoms with E-state index >= 15 is 0 Å². The van der Waals surface area contributed by atoms with E-state index in [-0.39, 0.29) is 5.91 Å². The van der Waals surface area contributed by atoms with Crippen LogP contribution >= 0.6 is 0 Å². The molecule has 0 saturated carbocycles. The molecule has 1 aliphatic rings. The Morgan fingerprint density at radius 2 is 1.59 bits per heavy atom. The first-order valence-corrected chi connectivity index (χ1v) is 11.5. The summed E-state index contributed by atoms with van der Waals surface area (Å²) in [6.45, 7) is 6.37. The summed E-state index contributed by atoms with van der Waals surface area (Å²) >= 11 is 0. The molecule has 0 radical (unpaired) electrons. The molecule has 1 saturated heterocycles. The number of benzene rings is 3. The smallest absolute Gasteiger partial charge is 0.255 e. The molecule has 1 heterocycles. The van der Waals surface area contributed by atoms with E-state index < -0.39 is 0 Å². The Bertz CT molecular complexity index is 1050. The van der Waals surface area contributed by atoms with Gasteiger partial charge in [-0.1, -0.05) is 37.3 Å². The van der Waals surface area contributed by atoms with Gasteiger partial charge in [0.2, 0.25) is 0 Å². The van der Waals surface area contributed by atoms with E-state index in [0.29, 0.717) is 11.7 Å². The van der Waals surface area contributed by atoms with E-state index in [4.69, 9.17) is 4.74 Å². The summed E-state index contributed by atoms with van der Waals surface area (Å²) in [4.78, 5) is 15.0. The van der Waals surface area contributed by atoms with Gasteiger partial charge in [-0.25, -0.2) is 0 Å². The van der Waals surface area contributed by atoms with Crippen LogP contribution in [-0.4, -0.2) is 37.0 Å². The Balaban J connectivity index is 1.37.